The number of carboxylic acids is 1. The van der Waals surface area contributed by atoms with Crippen LogP contribution in [0.4, 0.5) is 18.9 Å². The van der Waals surface area contributed by atoms with Crippen molar-refractivity contribution in [1.29, 1.82) is 0 Å². The normalized spacial score (nSPS) is 13.3. The van der Waals surface area contributed by atoms with Crippen molar-refractivity contribution in [1.82, 2.24) is 4.98 Å². The van der Waals surface area contributed by atoms with E-state index < -0.39 is 29.7 Å². The summed E-state index contributed by atoms with van der Waals surface area (Å²) in [5.41, 5.74) is 5.62. The molecule has 0 aliphatic carbocycles. The molecule has 0 saturated carbocycles. The van der Waals surface area contributed by atoms with Crippen LogP contribution in [0, 0.1) is 0 Å². The first-order chi connectivity index (χ1) is 13.5. The molecule has 0 bridgehead atoms. The molecule has 0 spiro atoms. The lowest BCUT2D eigenvalue weighted by Gasteiger charge is -2.19. The number of carbonyl (C=O) groups excluding carboxylic acids is 1. The van der Waals surface area contributed by atoms with Gasteiger partial charge in [0.1, 0.15) is 5.69 Å². The molecule has 0 saturated heterocycles. The Morgan fingerprint density at radius 2 is 1.93 bits per heavy atom. The minimum atomic E-state index is -4.52. The van der Waals surface area contributed by atoms with Crippen LogP contribution in [0.15, 0.2) is 53.9 Å². The summed E-state index contributed by atoms with van der Waals surface area (Å²) in [5, 5.41) is 11.6. The number of aromatic carboxylic acids is 1. The number of carbonyl (C=O) groups is 2. The highest BCUT2D eigenvalue weighted by Crippen LogP contribution is 2.31. The van der Waals surface area contributed by atoms with E-state index in [1.807, 2.05) is 0 Å². The van der Waals surface area contributed by atoms with Crippen LogP contribution in [0.2, 0.25) is 0 Å². The first kappa shape index (κ1) is 21.9. The first-order valence-electron chi connectivity index (χ1n) is 8.22. The van der Waals surface area contributed by atoms with Crippen molar-refractivity contribution in [2.24, 2.45) is 5.73 Å². The molecule has 29 heavy (non-hydrogen) atoms. The number of ether oxygens (including phenoxy) is 1. The number of allylic oxidation sites excluding steroid dienone is 1. The summed E-state index contributed by atoms with van der Waals surface area (Å²) in [4.78, 5) is 26.9. The zero-order valence-electron chi connectivity index (χ0n) is 15.4. The second-order valence-electron chi connectivity index (χ2n) is 5.99. The Morgan fingerprint density at radius 3 is 2.45 bits per heavy atom. The second kappa shape index (κ2) is 8.74. The predicted molar refractivity (Wildman–Crippen MR) is 97.9 cm³/mol. The summed E-state index contributed by atoms with van der Waals surface area (Å²) < 4.78 is 43.5. The van der Waals surface area contributed by atoms with E-state index >= 15 is 0 Å². The fourth-order valence-corrected chi connectivity index (χ4v) is 2.56. The van der Waals surface area contributed by atoms with Crippen LogP contribution in [0.1, 0.15) is 34.6 Å². The molecule has 1 heterocycles. The molecule has 0 amide bonds. The van der Waals surface area contributed by atoms with E-state index in [2.05, 4.69) is 10.3 Å². The van der Waals surface area contributed by atoms with Gasteiger partial charge in [-0.15, -0.1) is 0 Å². The monoisotopic (exact) mass is 409 g/mol. The summed E-state index contributed by atoms with van der Waals surface area (Å²) in [7, 11) is 1.14. The average Bonchev–Trinajstić information content (AvgIpc) is 2.67. The highest BCUT2D eigenvalue weighted by atomic mass is 19.4. The summed E-state index contributed by atoms with van der Waals surface area (Å²) in [6.45, 7) is 1.46. The minimum absolute atomic E-state index is 0.0465. The quantitative estimate of drug-likeness (QED) is 0.495. The van der Waals surface area contributed by atoms with E-state index in [1.54, 1.807) is 0 Å². The molecule has 10 heteroatoms. The zero-order chi connectivity index (χ0) is 21.8. The Bertz CT molecular complexity index is 940. The van der Waals surface area contributed by atoms with Crippen molar-refractivity contribution >= 4 is 17.6 Å². The number of aromatic nitrogens is 1. The highest BCUT2D eigenvalue weighted by Gasteiger charge is 2.30. The number of pyridine rings is 1. The van der Waals surface area contributed by atoms with Crippen LogP contribution >= 0.6 is 0 Å². The molecule has 154 valence electrons. The number of nitrogens with two attached hydrogens (primary N) is 1. The number of esters is 1. The van der Waals surface area contributed by atoms with Crippen LogP contribution < -0.4 is 11.1 Å². The molecule has 2 aromatic rings. The number of benzene rings is 1. The van der Waals surface area contributed by atoms with Crippen LogP contribution in [0.25, 0.3) is 0 Å². The number of nitrogens with zero attached hydrogens (tertiary/aromatic N) is 1. The fraction of sp³-hybridized carbons (Fsp3) is 0.211. The van der Waals surface area contributed by atoms with Crippen molar-refractivity contribution in [2.45, 2.75) is 19.1 Å². The summed E-state index contributed by atoms with van der Waals surface area (Å²) in [6.07, 6.45) is -3.32. The van der Waals surface area contributed by atoms with Crippen molar-refractivity contribution in [3.63, 3.8) is 0 Å². The van der Waals surface area contributed by atoms with Gasteiger partial charge >= 0.3 is 18.1 Å². The maximum atomic E-state index is 12.9. The van der Waals surface area contributed by atoms with Gasteiger partial charge in [-0.3, -0.25) is 0 Å². The average molecular weight is 409 g/mol. The Hall–Kier alpha value is -3.40. The van der Waals surface area contributed by atoms with Gasteiger partial charge in [-0.2, -0.15) is 13.2 Å². The minimum Gasteiger partial charge on any atom is -0.477 e. The van der Waals surface area contributed by atoms with Crippen molar-refractivity contribution in [2.75, 3.05) is 12.4 Å². The SMILES string of the molecule is COC(=O)/C(=C(\C)Nc1cccc(C(F)(F)F)c1)[C@H](N)c1ccc(C(=O)O)nc1. The summed E-state index contributed by atoms with van der Waals surface area (Å²) in [6, 6.07) is 6.01. The molecule has 7 nitrogen and oxygen atoms in total. The lowest BCUT2D eigenvalue weighted by atomic mass is 9.99. The van der Waals surface area contributed by atoms with Gasteiger partial charge in [-0.05, 0) is 36.8 Å². The highest BCUT2D eigenvalue weighted by molar-refractivity contribution is 5.91. The van der Waals surface area contributed by atoms with Gasteiger partial charge in [0.15, 0.2) is 0 Å². The number of rotatable bonds is 6. The Kier molecular flexibility index (Phi) is 6.60. The van der Waals surface area contributed by atoms with Gasteiger partial charge in [0.25, 0.3) is 0 Å². The molecule has 1 aromatic carbocycles. The second-order valence-corrected chi connectivity index (χ2v) is 5.99. The number of methoxy groups -OCH3 is 1. The van der Waals surface area contributed by atoms with Gasteiger partial charge in [0, 0.05) is 17.6 Å². The van der Waals surface area contributed by atoms with Gasteiger partial charge in [-0.25, -0.2) is 14.6 Å². The Balaban J connectivity index is 2.41. The molecule has 1 aromatic heterocycles. The van der Waals surface area contributed by atoms with E-state index in [0.29, 0.717) is 5.56 Å². The largest absolute Gasteiger partial charge is 0.477 e. The third-order valence-electron chi connectivity index (χ3n) is 4.01. The molecule has 0 unspecified atom stereocenters. The fourth-order valence-electron chi connectivity index (χ4n) is 2.56. The third-order valence-corrected chi connectivity index (χ3v) is 4.01. The first-order valence-corrected chi connectivity index (χ1v) is 8.22. The van der Waals surface area contributed by atoms with E-state index in [9.17, 15) is 22.8 Å². The Morgan fingerprint density at radius 1 is 1.24 bits per heavy atom. The van der Waals surface area contributed by atoms with Crippen molar-refractivity contribution < 1.29 is 32.6 Å². The van der Waals surface area contributed by atoms with E-state index in [4.69, 9.17) is 15.6 Å². The summed E-state index contributed by atoms with van der Waals surface area (Å²) >= 11 is 0. The number of carboxylic acid groups (broad SMARTS) is 1. The maximum absolute atomic E-state index is 12.9. The van der Waals surface area contributed by atoms with Gasteiger partial charge in [0.2, 0.25) is 0 Å². The van der Waals surface area contributed by atoms with Crippen LogP contribution in [-0.2, 0) is 15.7 Å². The van der Waals surface area contributed by atoms with Crippen LogP contribution in [-0.4, -0.2) is 29.1 Å². The topological polar surface area (TPSA) is 115 Å². The number of alkyl halides is 3. The molecular formula is C19H18F3N3O4. The smallest absolute Gasteiger partial charge is 0.416 e. The molecule has 0 fully saturated rings. The standard InChI is InChI=1S/C19H18F3N3O4/c1-10(25-13-5-3-4-12(8-13)19(20,21)22)15(18(28)29-2)16(23)11-6-7-14(17(26)27)24-9-11/h3-9,16,25H,23H2,1-2H3,(H,26,27)/b15-10+/t16-/m1/s1. The number of halogens is 3. The van der Waals surface area contributed by atoms with Crippen molar-refractivity contribution in [3.05, 3.63) is 70.7 Å². The van der Waals surface area contributed by atoms with Gasteiger partial charge < -0.3 is 20.9 Å². The van der Waals surface area contributed by atoms with E-state index in [0.717, 1.165) is 19.2 Å². The lowest BCUT2D eigenvalue weighted by Crippen LogP contribution is -2.24. The molecule has 0 radical (unpaired) electrons. The third kappa shape index (κ3) is 5.32. The molecule has 2 rings (SSSR count). The number of hydrogen-bond donors (Lipinski definition) is 3. The zero-order valence-corrected chi connectivity index (χ0v) is 15.4. The summed E-state index contributed by atoms with van der Waals surface area (Å²) in [5.74, 6) is -2.02. The molecular weight excluding hydrogens is 391 g/mol. The lowest BCUT2D eigenvalue weighted by molar-refractivity contribution is -0.138. The molecule has 0 aliphatic heterocycles. The van der Waals surface area contributed by atoms with Crippen molar-refractivity contribution in [3.8, 4) is 0 Å². The van der Waals surface area contributed by atoms with E-state index in [-0.39, 0.29) is 22.7 Å². The predicted octanol–water partition coefficient (Wildman–Crippen LogP) is 3.36. The van der Waals surface area contributed by atoms with E-state index in [1.165, 1.54) is 37.4 Å². The van der Waals surface area contributed by atoms with Crippen LogP contribution in [0.5, 0.6) is 0 Å². The number of anilines is 1. The Labute approximate surface area is 164 Å². The molecule has 4 N–H and O–H groups in total. The van der Waals surface area contributed by atoms with Gasteiger partial charge in [0.05, 0.1) is 24.3 Å². The number of nitrogens with one attached hydrogen (secondary N) is 1. The number of hydrogen-bond acceptors (Lipinski definition) is 6. The molecule has 1 atom stereocenters. The maximum Gasteiger partial charge on any atom is 0.416 e. The van der Waals surface area contributed by atoms with Gasteiger partial charge in [-0.1, -0.05) is 12.1 Å². The van der Waals surface area contributed by atoms with Crippen LogP contribution in [0.3, 0.4) is 0 Å². The molecule has 0 aliphatic rings.